The van der Waals surface area contributed by atoms with E-state index < -0.39 is 24.0 Å². The van der Waals surface area contributed by atoms with Crippen molar-refractivity contribution in [3.63, 3.8) is 0 Å². The van der Waals surface area contributed by atoms with E-state index in [0.717, 1.165) is 5.82 Å². The number of nitrogens with zero attached hydrogens (tertiary/aromatic N) is 2. The van der Waals surface area contributed by atoms with Gasteiger partial charge in [-0.1, -0.05) is 0 Å². The van der Waals surface area contributed by atoms with Gasteiger partial charge >= 0.3 is 6.18 Å². The number of rotatable bonds is 4. The average Bonchev–Trinajstić information content (AvgIpc) is 2.84. The van der Waals surface area contributed by atoms with Gasteiger partial charge < -0.3 is 15.6 Å². The van der Waals surface area contributed by atoms with Crippen molar-refractivity contribution in [1.82, 2.24) is 14.9 Å². The molecule has 112 valence electrons. The number of hydrogen-bond donors (Lipinski definition) is 2. The first-order valence-corrected chi connectivity index (χ1v) is 6.49. The van der Waals surface area contributed by atoms with Crippen LogP contribution in [0.5, 0.6) is 0 Å². The van der Waals surface area contributed by atoms with Crippen molar-refractivity contribution in [3.8, 4) is 0 Å². The maximum atomic E-state index is 12.7. The largest absolute Gasteiger partial charge is 0.408 e. The Morgan fingerprint density at radius 3 is 3.00 bits per heavy atom. The molecule has 0 aliphatic carbocycles. The Balaban J connectivity index is 1.98. The number of hydrogen-bond acceptors (Lipinski definition) is 3. The van der Waals surface area contributed by atoms with Crippen molar-refractivity contribution in [1.29, 1.82) is 0 Å². The molecule has 1 aliphatic heterocycles. The van der Waals surface area contributed by atoms with Crippen LogP contribution in [0.1, 0.15) is 18.7 Å². The van der Waals surface area contributed by atoms with Crippen LogP contribution in [0.4, 0.5) is 13.2 Å². The second-order valence-electron chi connectivity index (χ2n) is 4.91. The highest BCUT2D eigenvalue weighted by Gasteiger charge is 2.41. The SMILES string of the molecule is NCCC(NC(=O)C1CCc2nccn2C1)C(F)(F)F. The van der Waals surface area contributed by atoms with Crippen molar-refractivity contribution in [3.05, 3.63) is 18.2 Å². The molecule has 2 unspecified atom stereocenters. The minimum absolute atomic E-state index is 0.124. The Labute approximate surface area is 114 Å². The Hall–Kier alpha value is -1.57. The zero-order valence-corrected chi connectivity index (χ0v) is 10.9. The number of imidazole rings is 1. The minimum Gasteiger partial charge on any atom is -0.344 e. The molecule has 0 saturated heterocycles. The number of halogens is 3. The fraction of sp³-hybridized carbons (Fsp3) is 0.667. The van der Waals surface area contributed by atoms with Gasteiger partial charge in [-0.05, 0) is 19.4 Å². The zero-order chi connectivity index (χ0) is 14.8. The minimum atomic E-state index is -4.47. The van der Waals surface area contributed by atoms with Crippen LogP contribution in [-0.4, -0.2) is 34.2 Å². The topological polar surface area (TPSA) is 72.9 Å². The van der Waals surface area contributed by atoms with Crippen LogP contribution in [0.25, 0.3) is 0 Å². The maximum absolute atomic E-state index is 12.7. The fourth-order valence-electron chi connectivity index (χ4n) is 2.35. The summed E-state index contributed by atoms with van der Waals surface area (Å²) in [5.41, 5.74) is 5.17. The van der Waals surface area contributed by atoms with Gasteiger partial charge in [0.05, 0.1) is 5.92 Å². The van der Waals surface area contributed by atoms with E-state index in [1.165, 1.54) is 0 Å². The lowest BCUT2D eigenvalue weighted by molar-refractivity contribution is -0.164. The van der Waals surface area contributed by atoms with E-state index in [9.17, 15) is 18.0 Å². The smallest absolute Gasteiger partial charge is 0.344 e. The van der Waals surface area contributed by atoms with Crippen molar-refractivity contribution < 1.29 is 18.0 Å². The van der Waals surface area contributed by atoms with Crippen LogP contribution in [0, 0.1) is 5.92 Å². The normalized spacial score (nSPS) is 20.3. The lowest BCUT2D eigenvalue weighted by Crippen LogP contribution is -2.49. The zero-order valence-electron chi connectivity index (χ0n) is 10.9. The molecule has 1 aromatic rings. The standard InChI is InChI=1S/C12H17F3N4O/c13-12(14,15)9(3-4-16)18-11(20)8-1-2-10-17-5-6-19(10)7-8/h5-6,8-9H,1-4,7,16H2,(H,18,20). The Morgan fingerprint density at radius 2 is 2.35 bits per heavy atom. The summed E-state index contributed by atoms with van der Waals surface area (Å²) in [5, 5.41) is 2.07. The molecule has 0 saturated carbocycles. The second-order valence-corrected chi connectivity index (χ2v) is 4.91. The molecule has 3 N–H and O–H groups in total. The van der Waals surface area contributed by atoms with Crippen molar-refractivity contribution in [2.75, 3.05) is 6.54 Å². The predicted octanol–water partition coefficient (Wildman–Crippen LogP) is 0.841. The van der Waals surface area contributed by atoms with Crippen LogP contribution < -0.4 is 11.1 Å². The monoisotopic (exact) mass is 290 g/mol. The third-order valence-corrected chi connectivity index (χ3v) is 3.47. The van der Waals surface area contributed by atoms with E-state index in [1.54, 1.807) is 17.0 Å². The lowest BCUT2D eigenvalue weighted by Gasteiger charge is -2.27. The summed E-state index contributed by atoms with van der Waals surface area (Å²) in [7, 11) is 0. The molecule has 0 aromatic carbocycles. The lowest BCUT2D eigenvalue weighted by atomic mass is 9.98. The van der Waals surface area contributed by atoms with Gasteiger partial charge in [-0.25, -0.2) is 4.98 Å². The van der Waals surface area contributed by atoms with Gasteiger partial charge in [-0.3, -0.25) is 4.79 Å². The first-order valence-electron chi connectivity index (χ1n) is 6.49. The number of nitrogens with one attached hydrogen (secondary N) is 1. The number of aromatic nitrogens is 2. The first-order chi connectivity index (χ1) is 9.41. The number of carbonyl (C=O) groups is 1. The molecular formula is C12H17F3N4O. The average molecular weight is 290 g/mol. The molecular weight excluding hydrogens is 273 g/mol. The summed E-state index contributed by atoms with van der Waals surface area (Å²) in [6.45, 7) is 0.245. The van der Waals surface area contributed by atoms with Crippen molar-refractivity contribution >= 4 is 5.91 Å². The third-order valence-electron chi connectivity index (χ3n) is 3.47. The van der Waals surface area contributed by atoms with E-state index in [2.05, 4.69) is 10.3 Å². The molecule has 0 bridgehead atoms. The number of fused-ring (bicyclic) bond motifs is 1. The van der Waals surface area contributed by atoms with Gasteiger partial charge in [0, 0.05) is 25.4 Å². The summed E-state index contributed by atoms with van der Waals surface area (Å²) in [6, 6.07) is -1.87. The Bertz CT molecular complexity index is 472. The molecule has 20 heavy (non-hydrogen) atoms. The molecule has 8 heteroatoms. The van der Waals surface area contributed by atoms with E-state index in [4.69, 9.17) is 5.73 Å². The number of nitrogens with two attached hydrogens (primary N) is 1. The van der Waals surface area contributed by atoms with E-state index in [-0.39, 0.29) is 13.0 Å². The van der Waals surface area contributed by atoms with Gasteiger partial charge in [0.2, 0.25) is 5.91 Å². The van der Waals surface area contributed by atoms with Crippen molar-refractivity contribution in [2.24, 2.45) is 11.7 Å². The molecule has 0 fully saturated rings. The quantitative estimate of drug-likeness (QED) is 0.863. The van der Waals surface area contributed by atoms with Gasteiger partial charge in [-0.15, -0.1) is 0 Å². The first kappa shape index (κ1) is 14.8. The highest BCUT2D eigenvalue weighted by molar-refractivity contribution is 5.79. The number of aryl methyl sites for hydroxylation is 1. The van der Waals surface area contributed by atoms with Crippen LogP contribution >= 0.6 is 0 Å². The maximum Gasteiger partial charge on any atom is 0.408 e. The number of carbonyl (C=O) groups excluding carboxylic acids is 1. The Kier molecular flexibility index (Phi) is 4.32. The van der Waals surface area contributed by atoms with Crippen LogP contribution in [0.3, 0.4) is 0 Å². The molecule has 1 amide bonds. The summed E-state index contributed by atoms with van der Waals surface area (Å²) in [6.07, 6.45) is -0.310. The van der Waals surface area contributed by atoms with E-state index in [1.807, 2.05) is 0 Å². The fourth-order valence-corrected chi connectivity index (χ4v) is 2.35. The third kappa shape index (κ3) is 3.30. The second kappa shape index (κ2) is 5.82. The molecule has 0 radical (unpaired) electrons. The molecule has 1 aromatic heterocycles. The number of alkyl halides is 3. The molecule has 0 spiro atoms. The van der Waals surface area contributed by atoms with Crippen LogP contribution in [0.15, 0.2) is 12.4 Å². The van der Waals surface area contributed by atoms with Crippen LogP contribution in [0.2, 0.25) is 0 Å². The summed E-state index contributed by atoms with van der Waals surface area (Å²) >= 11 is 0. The van der Waals surface area contributed by atoms with Crippen LogP contribution in [-0.2, 0) is 17.8 Å². The van der Waals surface area contributed by atoms with Gasteiger partial charge in [0.1, 0.15) is 11.9 Å². The van der Waals surface area contributed by atoms with Gasteiger partial charge in [0.15, 0.2) is 0 Å². The molecule has 5 nitrogen and oxygen atoms in total. The molecule has 2 heterocycles. The highest BCUT2D eigenvalue weighted by Crippen LogP contribution is 2.24. The number of amides is 1. The summed E-state index contributed by atoms with van der Waals surface area (Å²) in [5.74, 6) is -0.164. The molecule has 2 rings (SSSR count). The van der Waals surface area contributed by atoms with Gasteiger partial charge in [0.25, 0.3) is 0 Å². The molecule has 1 aliphatic rings. The summed E-state index contributed by atoms with van der Waals surface area (Å²) < 4.78 is 40.0. The predicted molar refractivity (Wildman–Crippen MR) is 65.7 cm³/mol. The summed E-state index contributed by atoms with van der Waals surface area (Å²) in [4.78, 5) is 16.1. The van der Waals surface area contributed by atoms with E-state index >= 15 is 0 Å². The Morgan fingerprint density at radius 1 is 1.60 bits per heavy atom. The van der Waals surface area contributed by atoms with Gasteiger partial charge in [-0.2, -0.15) is 13.2 Å². The molecule has 2 atom stereocenters. The van der Waals surface area contributed by atoms with E-state index in [0.29, 0.717) is 19.4 Å². The van der Waals surface area contributed by atoms with Crippen molar-refractivity contribution in [2.45, 2.75) is 38.0 Å². The highest BCUT2D eigenvalue weighted by atomic mass is 19.4.